The first kappa shape index (κ1) is 54.8. The van der Waals surface area contributed by atoms with Gasteiger partial charge in [0.1, 0.15) is 48.8 Å². The molecule has 0 bridgehead atoms. The normalized spacial score (nSPS) is 38.9. The number of allylic oxidation sites excluding steroid dienone is 2. The predicted octanol–water partition coefficient (Wildman–Crippen LogP) is -3.32. The van der Waals surface area contributed by atoms with E-state index in [0.29, 0.717) is 0 Å². The number of aliphatic hydroxyl groups excluding tert-OH is 10. The smallest absolute Gasteiger partial charge is 0.337 e. The first-order chi connectivity index (χ1) is 32.4. The third kappa shape index (κ3) is 12.1. The minimum absolute atomic E-state index is 0.0933. The molecule has 0 spiro atoms. The molecule has 0 aromatic rings. The molecular formula is C44H64O24. The van der Waals surface area contributed by atoms with E-state index < -0.39 is 173 Å². The van der Waals surface area contributed by atoms with E-state index in [9.17, 15) is 70.2 Å². The number of hydrogen-bond acceptors (Lipinski definition) is 24. The fraction of sp³-hybridized carbons (Fsp3) is 0.727. The molecule has 3 fully saturated rings. The monoisotopic (exact) mass is 976 g/mol. The lowest BCUT2D eigenvalue weighted by Gasteiger charge is -2.42. The van der Waals surface area contributed by atoms with Gasteiger partial charge in [-0.05, 0) is 32.1 Å². The minimum Gasteiger partial charge on any atom is -0.468 e. The largest absolute Gasteiger partial charge is 0.468 e. The van der Waals surface area contributed by atoms with Crippen LogP contribution in [0, 0.1) is 35.5 Å². The first-order valence-corrected chi connectivity index (χ1v) is 22.1. The first-order valence-electron chi connectivity index (χ1n) is 22.1. The Kier molecular flexibility index (Phi) is 19.9. The van der Waals surface area contributed by atoms with Crippen molar-refractivity contribution in [3.8, 4) is 0 Å². The molecule has 2 saturated heterocycles. The molecule has 4 aliphatic heterocycles. The minimum atomic E-state index is -1.79. The van der Waals surface area contributed by atoms with E-state index in [0.717, 1.165) is 26.7 Å². The zero-order valence-electron chi connectivity index (χ0n) is 38.1. The van der Waals surface area contributed by atoms with Crippen molar-refractivity contribution < 1.29 is 118 Å². The van der Waals surface area contributed by atoms with Crippen LogP contribution in [0.25, 0.3) is 0 Å². The van der Waals surface area contributed by atoms with Gasteiger partial charge in [-0.3, -0.25) is 9.59 Å². The van der Waals surface area contributed by atoms with Gasteiger partial charge in [-0.2, -0.15) is 0 Å². The highest BCUT2D eigenvalue weighted by Crippen LogP contribution is 2.43. The van der Waals surface area contributed by atoms with Crippen LogP contribution in [-0.2, 0) is 66.5 Å². The lowest BCUT2D eigenvalue weighted by molar-refractivity contribution is -0.327. The lowest BCUT2D eigenvalue weighted by Crippen LogP contribution is -2.60. The summed E-state index contributed by atoms with van der Waals surface area (Å²) in [5.41, 5.74) is 0.167. The van der Waals surface area contributed by atoms with E-state index in [1.54, 1.807) is 13.8 Å². The van der Waals surface area contributed by atoms with E-state index >= 15 is 0 Å². The second-order valence-corrected chi connectivity index (χ2v) is 17.2. The summed E-state index contributed by atoms with van der Waals surface area (Å²) in [7, 11) is 2.23. The van der Waals surface area contributed by atoms with Crippen molar-refractivity contribution in [3.63, 3.8) is 0 Å². The molecular weight excluding hydrogens is 912 g/mol. The molecule has 10 N–H and O–H groups in total. The van der Waals surface area contributed by atoms with Crippen LogP contribution in [0.2, 0.25) is 0 Å². The van der Waals surface area contributed by atoms with E-state index in [4.69, 9.17) is 47.4 Å². The summed E-state index contributed by atoms with van der Waals surface area (Å²) in [6.45, 7) is 2.22. The van der Waals surface area contributed by atoms with Crippen molar-refractivity contribution in [2.24, 2.45) is 35.5 Å². The van der Waals surface area contributed by atoms with Gasteiger partial charge < -0.3 is 98.4 Å². The summed E-state index contributed by atoms with van der Waals surface area (Å²) in [5.74, 6) is -8.02. The standard InChI is InChI=1S/C44H64O24/c1-6-20-22(25(39(57)59-4)16-63-41(20)67-43-37(55)35(53)33(51)28(12-46)65-43)9-30(49)61-14-19(11-45)32-24(18(3)8-27(32)48)15-62-31(50)10-23-21(7-2)42(64-17-26(23)40(58)60-5)68-44-38(56)36(54)34(52)29(13-47)66-44/h6-7,16-19,22-24,27-29,32-38,41-48,51-56H,8-15H2,1-5H3. The van der Waals surface area contributed by atoms with Crippen LogP contribution >= 0.6 is 0 Å². The van der Waals surface area contributed by atoms with Crippen molar-refractivity contribution in [3.05, 3.63) is 47.0 Å². The lowest BCUT2D eigenvalue weighted by atomic mass is 9.81. The van der Waals surface area contributed by atoms with Gasteiger partial charge in [0.2, 0.25) is 12.6 Å². The van der Waals surface area contributed by atoms with Crippen LogP contribution in [0.4, 0.5) is 0 Å². The number of rotatable bonds is 18. The molecule has 0 radical (unpaired) electrons. The molecule has 24 nitrogen and oxygen atoms in total. The van der Waals surface area contributed by atoms with Crippen LogP contribution in [0.1, 0.15) is 40.0 Å². The predicted molar refractivity (Wildman–Crippen MR) is 223 cm³/mol. The molecule has 0 aromatic carbocycles. The molecule has 0 aromatic heterocycles. The maximum absolute atomic E-state index is 13.6. The van der Waals surface area contributed by atoms with Crippen molar-refractivity contribution in [2.75, 3.05) is 47.3 Å². The van der Waals surface area contributed by atoms with Crippen molar-refractivity contribution in [2.45, 2.75) is 120 Å². The highest BCUT2D eigenvalue weighted by Gasteiger charge is 2.50. The topological polar surface area (TPSA) is 363 Å². The van der Waals surface area contributed by atoms with E-state index in [2.05, 4.69) is 0 Å². The number of methoxy groups -OCH3 is 2. The molecule has 384 valence electrons. The average molecular weight is 977 g/mol. The number of esters is 4. The number of hydrogen-bond donors (Lipinski definition) is 10. The summed E-state index contributed by atoms with van der Waals surface area (Å²) < 4.78 is 54.9. The van der Waals surface area contributed by atoms with Gasteiger partial charge in [0, 0.05) is 41.4 Å². The Morgan fingerprint density at radius 2 is 1.12 bits per heavy atom. The summed E-state index contributed by atoms with van der Waals surface area (Å²) in [6.07, 6.45) is -15.9. The Labute approximate surface area is 390 Å². The van der Waals surface area contributed by atoms with Crippen molar-refractivity contribution in [1.82, 2.24) is 0 Å². The number of carbonyl (C=O) groups is 4. The number of aliphatic hydroxyl groups is 10. The maximum atomic E-state index is 13.6. The Morgan fingerprint density at radius 1 is 0.676 bits per heavy atom. The SMILES string of the molecule is CC=C1C(OC2OC(CO)C(O)C(O)C2O)OC=C(C(=O)OC)C1CC(=O)OCC(CO)C1C(O)CC(C)C1COC(=O)CC1C(C(=O)OC)=COC(OC2OC(CO)C(O)C(O)C2O)C1=CC. The van der Waals surface area contributed by atoms with Gasteiger partial charge in [-0.1, -0.05) is 19.1 Å². The molecule has 19 atom stereocenters. The highest BCUT2D eigenvalue weighted by atomic mass is 16.8. The molecule has 68 heavy (non-hydrogen) atoms. The maximum Gasteiger partial charge on any atom is 0.337 e. The second-order valence-electron chi connectivity index (χ2n) is 17.2. The van der Waals surface area contributed by atoms with Gasteiger partial charge in [0.15, 0.2) is 12.6 Å². The van der Waals surface area contributed by atoms with Gasteiger partial charge in [0.25, 0.3) is 0 Å². The Balaban J connectivity index is 1.24. The van der Waals surface area contributed by atoms with E-state index in [1.807, 2.05) is 6.92 Å². The van der Waals surface area contributed by atoms with Gasteiger partial charge in [-0.15, -0.1) is 0 Å². The average Bonchev–Trinajstić information content (AvgIpc) is 3.61. The second kappa shape index (κ2) is 24.6. The molecule has 1 saturated carbocycles. The molecule has 5 aliphatic rings. The fourth-order valence-electron chi connectivity index (χ4n) is 9.29. The highest BCUT2D eigenvalue weighted by molar-refractivity contribution is 5.91. The summed E-state index contributed by atoms with van der Waals surface area (Å²) in [5, 5.41) is 103. The molecule has 0 amide bonds. The third-order valence-corrected chi connectivity index (χ3v) is 13.2. The quantitative estimate of drug-likeness (QED) is 0.0365. The number of ether oxygens (including phenoxy) is 10. The summed E-state index contributed by atoms with van der Waals surface area (Å²) in [4.78, 5) is 52.9. The van der Waals surface area contributed by atoms with Crippen LogP contribution in [0.3, 0.4) is 0 Å². The fourth-order valence-corrected chi connectivity index (χ4v) is 9.29. The van der Waals surface area contributed by atoms with Crippen LogP contribution < -0.4 is 0 Å². The number of carbonyl (C=O) groups excluding carboxylic acids is 4. The van der Waals surface area contributed by atoms with E-state index in [-0.39, 0.29) is 41.2 Å². The van der Waals surface area contributed by atoms with Crippen molar-refractivity contribution >= 4 is 23.9 Å². The molecule has 19 unspecified atom stereocenters. The summed E-state index contributed by atoms with van der Waals surface area (Å²) >= 11 is 0. The van der Waals surface area contributed by atoms with Crippen LogP contribution in [0.15, 0.2) is 47.0 Å². The molecule has 5 rings (SSSR count). The van der Waals surface area contributed by atoms with Gasteiger partial charge >= 0.3 is 23.9 Å². The molecule has 24 heteroatoms. The summed E-state index contributed by atoms with van der Waals surface area (Å²) in [6, 6.07) is 0. The molecule has 4 heterocycles. The third-order valence-electron chi connectivity index (χ3n) is 13.2. The van der Waals surface area contributed by atoms with E-state index in [1.165, 1.54) is 12.2 Å². The van der Waals surface area contributed by atoms with Gasteiger partial charge in [-0.25, -0.2) is 9.59 Å². The Bertz CT molecular complexity index is 1860. The van der Waals surface area contributed by atoms with Crippen LogP contribution in [0.5, 0.6) is 0 Å². The Hall–Kier alpha value is -4.12. The van der Waals surface area contributed by atoms with Crippen LogP contribution in [-0.4, -0.2) is 202 Å². The van der Waals surface area contributed by atoms with Crippen molar-refractivity contribution in [1.29, 1.82) is 0 Å². The zero-order chi connectivity index (χ0) is 50.1. The molecule has 1 aliphatic carbocycles. The Morgan fingerprint density at radius 3 is 1.51 bits per heavy atom. The van der Waals surface area contributed by atoms with Gasteiger partial charge in [0.05, 0.1) is 83.3 Å². The zero-order valence-corrected chi connectivity index (χ0v) is 38.1.